The lowest BCUT2D eigenvalue weighted by atomic mass is 9.92. The second-order valence-electron chi connectivity index (χ2n) is 4.50. The van der Waals surface area contributed by atoms with Crippen LogP contribution in [0.3, 0.4) is 0 Å². The Morgan fingerprint density at radius 2 is 2.06 bits per heavy atom. The summed E-state index contributed by atoms with van der Waals surface area (Å²) in [6.07, 6.45) is 4.00. The van der Waals surface area contributed by atoms with Crippen LogP contribution in [0.1, 0.15) is 53.4 Å². The molecule has 0 amide bonds. The van der Waals surface area contributed by atoms with Crippen LogP contribution in [0.15, 0.2) is 0 Å². The molecule has 0 aromatic heterocycles. The minimum absolute atomic E-state index is 0.279. The fraction of sp³-hybridized carbons (Fsp3) is 0.923. The Kier molecular flexibility index (Phi) is 8.23. The number of nitrogens with one attached hydrogen (secondary N) is 1. The molecule has 0 aromatic rings. The van der Waals surface area contributed by atoms with E-state index in [1.165, 1.54) is 0 Å². The van der Waals surface area contributed by atoms with Gasteiger partial charge in [-0.15, -0.1) is 0 Å². The summed E-state index contributed by atoms with van der Waals surface area (Å²) in [7, 11) is 0. The number of ether oxygens (including phenoxy) is 1. The van der Waals surface area contributed by atoms with Crippen molar-refractivity contribution in [3.8, 4) is 6.07 Å². The summed E-state index contributed by atoms with van der Waals surface area (Å²) >= 11 is 0. The van der Waals surface area contributed by atoms with Crippen LogP contribution in [0.2, 0.25) is 0 Å². The quantitative estimate of drug-likeness (QED) is 0.615. The van der Waals surface area contributed by atoms with Gasteiger partial charge in [-0.05, 0) is 46.1 Å². The maximum Gasteiger partial charge on any atom is 0.106 e. The van der Waals surface area contributed by atoms with Gasteiger partial charge in [-0.2, -0.15) is 5.26 Å². The van der Waals surface area contributed by atoms with Gasteiger partial charge >= 0.3 is 0 Å². The molecule has 0 aromatic carbocycles. The van der Waals surface area contributed by atoms with E-state index in [1.807, 2.05) is 13.8 Å². The Labute approximate surface area is 100 Å². The summed E-state index contributed by atoms with van der Waals surface area (Å²) in [5, 5.41) is 12.6. The van der Waals surface area contributed by atoms with E-state index in [1.54, 1.807) is 0 Å². The molecule has 0 heterocycles. The largest absolute Gasteiger partial charge is 0.379 e. The Morgan fingerprint density at radius 1 is 1.38 bits per heavy atom. The molecule has 0 saturated carbocycles. The van der Waals surface area contributed by atoms with Gasteiger partial charge in [0.1, 0.15) is 5.54 Å². The molecule has 0 bridgehead atoms. The summed E-state index contributed by atoms with van der Waals surface area (Å²) in [4.78, 5) is 0. The predicted octanol–water partition coefficient (Wildman–Crippen LogP) is 2.86. The van der Waals surface area contributed by atoms with Crippen LogP contribution >= 0.6 is 0 Å². The monoisotopic (exact) mass is 226 g/mol. The van der Waals surface area contributed by atoms with Gasteiger partial charge in [0.2, 0.25) is 0 Å². The van der Waals surface area contributed by atoms with Crippen LogP contribution in [0, 0.1) is 11.3 Å². The van der Waals surface area contributed by atoms with Gasteiger partial charge in [0.25, 0.3) is 0 Å². The fourth-order valence-corrected chi connectivity index (χ4v) is 1.62. The van der Waals surface area contributed by atoms with E-state index in [4.69, 9.17) is 4.74 Å². The maximum absolute atomic E-state index is 9.26. The minimum atomic E-state index is -0.351. The van der Waals surface area contributed by atoms with E-state index in [-0.39, 0.29) is 11.6 Å². The highest BCUT2D eigenvalue weighted by molar-refractivity contribution is 5.06. The molecule has 1 N–H and O–H groups in total. The minimum Gasteiger partial charge on any atom is -0.379 e. The third-order valence-corrected chi connectivity index (χ3v) is 2.73. The molecule has 0 fully saturated rings. The van der Waals surface area contributed by atoms with Crippen molar-refractivity contribution in [2.45, 2.75) is 65.0 Å². The number of rotatable bonds is 9. The van der Waals surface area contributed by atoms with Crippen LogP contribution in [-0.4, -0.2) is 24.8 Å². The summed E-state index contributed by atoms with van der Waals surface area (Å²) < 4.78 is 5.49. The van der Waals surface area contributed by atoms with Crippen molar-refractivity contribution >= 4 is 0 Å². The average molecular weight is 226 g/mol. The zero-order valence-corrected chi connectivity index (χ0v) is 11.2. The molecule has 3 nitrogen and oxygen atoms in total. The zero-order valence-electron chi connectivity index (χ0n) is 11.2. The lowest BCUT2D eigenvalue weighted by Crippen LogP contribution is -2.44. The number of nitrogens with zero attached hydrogens (tertiary/aromatic N) is 1. The first-order valence-electron chi connectivity index (χ1n) is 6.38. The third kappa shape index (κ3) is 6.09. The number of hydrogen-bond acceptors (Lipinski definition) is 3. The molecule has 3 heteroatoms. The Balaban J connectivity index is 3.97. The van der Waals surface area contributed by atoms with Crippen molar-refractivity contribution in [2.75, 3.05) is 13.2 Å². The molecular weight excluding hydrogens is 200 g/mol. The molecule has 0 saturated heterocycles. The molecule has 0 aliphatic carbocycles. The van der Waals surface area contributed by atoms with E-state index in [9.17, 15) is 5.26 Å². The van der Waals surface area contributed by atoms with E-state index in [2.05, 4.69) is 25.2 Å². The Morgan fingerprint density at radius 3 is 2.50 bits per heavy atom. The van der Waals surface area contributed by atoms with Gasteiger partial charge in [0, 0.05) is 6.61 Å². The first kappa shape index (κ1) is 15.4. The van der Waals surface area contributed by atoms with Gasteiger partial charge < -0.3 is 4.74 Å². The normalized spacial score (nSPS) is 14.8. The highest BCUT2D eigenvalue weighted by atomic mass is 16.5. The van der Waals surface area contributed by atoms with Gasteiger partial charge in [0.05, 0.1) is 12.2 Å². The summed E-state index contributed by atoms with van der Waals surface area (Å²) in [6.45, 7) is 9.91. The fourth-order valence-electron chi connectivity index (χ4n) is 1.62. The number of nitriles is 1. The van der Waals surface area contributed by atoms with Crippen molar-refractivity contribution in [3.05, 3.63) is 0 Å². The van der Waals surface area contributed by atoms with Crippen LogP contribution < -0.4 is 5.32 Å². The van der Waals surface area contributed by atoms with E-state index in [0.717, 1.165) is 38.8 Å². The molecule has 1 unspecified atom stereocenters. The van der Waals surface area contributed by atoms with Crippen LogP contribution in [0.5, 0.6) is 0 Å². The molecular formula is C13H26N2O. The second-order valence-corrected chi connectivity index (χ2v) is 4.50. The summed E-state index contributed by atoms with van der Waals surface area (Å²) in [5.74, 6) is 0. The predicted molar refractivity (Wildman–Crippen MR) is 67.3 cm³/mol. The molecule has 0 rings (SSSR count). The highest BCUT2D eigenvalue weighted by Gasteiger charge is 2.26. The van der Waals surface area contributed by atoms with Gasteiger partial charge in [-0.3, -0.25) is 5.32 Å². The zero-order chi connectivity index (χ0) is 12.4. The third-order valence-electron chi connectivity index (χ3n) is 2.73. The lowest BCUT2D eigenvalue weighted by Gasteiger charge is -2.26. The van der Waals surface area contributed by atoms with Crippen molar-refractivity contribution in [3.63, 3.8) is 0 Å². The topological polar surface area (TPSA) is 45.0 Å². The molecule has 0 spiro atoms. The first-order valence-corrected chi connectivity index (χ1v) is 6.38. The molecule has 16 heavy (non-hydrogen) atoms. The maximum atomic E-state index is 9.26. The van der Waals surface area contributed by atoms with E-state index < -0.39 is 0 Å². The molecule has 0 radical (unpaired) electrons. The van der Waals surface area contributed by atoms with Crippen molar-refractivity contribution in [1.29, 1.82) is 5.26 Å². The summed E-state index contributed by atoms with van der Waals surface area (Å²) in [6, 6.07) is 2.42. The SMILES string of the molecule is CCCNC(C#N)(CC)CCCOC(C)C. The summed E-state index contributed by atoms with van der Waals surface area (Å²) in [5.41, 5.74) is -0.351. The molecule has 0 aliphatic rings. The number of hydrogen-bond donors (Lipinski definition) is 1. The van der Waals surface area contributed by atoms with E-state index in [0.29, 0.717) is 0 Å². The first-order chi connectivity index (χ1) is 7.60. The Bertz CT molecular complexity index is 210. The molecule has 94 valence electrons. The van der Waals surface area contributed by atoms with E-state index >= 15 is 0 Å². The van der Waals surface area contributed by atoms with Crippen molar-refractivity contribution in [1.82, 2.24) is 5.32 Å². The van der Waals surface area contributed by atoms with Crippen molar-refractivity contribution < 1.29 is 4.74 Å². The highest BCUT2D eigenvalue weighted by Crippen LogP contribution is 2.16. The second kappa shape index (κ2) is 8.55. The van der Waals surface area contributed by atoms with Crippen LogP contribution in [-0.2, 0) is 4.74 Å². The molecule has 1 atom stereocenters. The standard InChI is InChI=1S/C13H26N2O/c1-5-9-15-13(6-2,11-14)8-7-10-16-12(3)4/h12,15H,5-10H2,1-4H3. The van der Waals surface area contributed by atoms with Gasteiger partial charge in [0.15, 0.2) is 0 Å². The van der Waals surface area contributed by atoms with Gasteiger partial charge in [-0.1, -0.05) is 13.8 Å². The average Bonchev–Trinajstić information content (AvgIpc) is 2.29. The lowest BCUT2D eigenvalue weighted by molar-refractivity contribution is 0.0726. The van der Waals surface area contributed by atoms with Crippen LogP contribution in [0.4, 0.5) is 0 Å². The van der Waals surface area contributed by atoms with Crippen LogP contribution in [0.25, 0.3) is 0 Å². The smallest absolute Gasteiger partial charge is 0.106 e. The van der Waals surface area contributed by atoms with Gasteiger partial charge in [-0.25, -0.2) is 0 Å². The molecule has 0 aliphatic heterocycles. The Hall–Kier alpha value is -0.590. The van der Waals surface area contributed by atoms with Crippen molar-refractivity contribution in [2.24, 2.45) is 0 Å².